The van der Waals surface area contributed by atoms with E-state index in [9.17, 15) is 4.39 Å². The molecule has 0 saturated heterocycles. The van der Waals surface area contributed by atoms with Gasteiger partial charge >= 0.3 is 0 Å². The van der Waals surface area contributed by atoms with Crippen molar-refractivity contribution in [3.8, 4) is 5.75 Å². The first-order chi connectivity index (χ1) is 7.25. The van der Waals surface area contributed by atoms with E-state index in [1.165, 1.54) is 12.1 Å². The van der Waals surface area contributed by atoms with Gasteiger partial charge in [0.1, 0.15) is 5.76 Å². The van der Waals surface area contributed by atoms with Crippen molar-refractivity contribution in [2.45, 2.75) is 0 Å². The van der Waals surface area contributed by atoms with Crippen molar-refractivity contribution in [1.82, 2.24) is 5.32 Å². The van der Waals surface area contributed by atoms with Gasteiger partial charge in [-0.25, -0.2) is 4.39 Å². The first-order valence-electron chi connectivity index (χ1n) is 4.59. The van der Waals surface area contributed by atoms with E-state index in [4.69, 9.17) is 10.5 Å². The van der Waals surface area contributed by atoms with Crippen LogP contribution in [-0.2, 0) is 0 Å². The molecule has 0 unspecified atom stereocenters. The topological polar surface area (TPSA) is 47.3 Å². The summed E-state index contributed by atoms with van der Waals surface area (Å²) in [6, 6.07) is 4.35. The summed E-state index contributed by atoms with van der Waals surface area (Å²) in [5.41, 5.74) is 5.81. The number of dihydropyridines is 1. The lowest BCUT2D eigenvalue weighted by atomic mass is 10.3. The van der Waals surface area contributed by atoms with Gasteiger partial charge in [0.2, 0.25) is 0 Å². The van der Waals surface area contributed by atoms with Gasteiger partial charge in [-0.05, 0) is 24.3 Å². The molecule has 0 bridgehead atoms. The molecule has 1 aliphatic heterocycles. The number of allylic oxidation sites excluding steroid dienone is 1. The van der Waals surface area contributed by atoms with Gasteiger partial charge in [-0.2, -0.15) is 0 Å². The Balaban J connectivity index is 2.17. The third-order valence-electron chi connectivity index (χ3n) is 1.97. The lowest BCUT2D eigenvalue weighted by Crippen LogP contribution is -2.11. The van der Waals surface area contributed by atoms with E-state index in [0.29, 0.717) is 18.0 Å². The van der Waals surface area contributed by atoms with E-state index in [1.54, 1.807) is 18.3 Å². The maximum absolute atomic E-state index is 13.3. The summed E-state index contributed by atoms with van der Waals surface area (Å²) in [7, 11) is 0. The Morgan fingerprint density at radius 1 is 1.40 bits per heavy atom. The number of anilines is 1. The van der Waals surface area contributed by atoms with Crippen LogP contribution < -0.4 is 15.8 Å². The predicted molar refractivity (Wildman–Crippen MR) is 56.7 cm³/mol. The van der Waals surface area contributed by atoms with Gasteiger partial charge in [0.25, 0.3) is 0 Å². The second kappa shape index (κ2) is 4.04. The zero-order valence-electron chi connectivity index (χ0n) is 8.03. The minimum atomic E-state index is -0.456. The Hall–Kier alpha value is -1.97. The molecular formula is C11H11FN2O. The lowest BCUT2D eigenvalue weighted by Gasteiger charge is -2.11. The van der Waals surface area contributed by atoms with E-state index in [-0.39, 0.29) is 5.75 Å². The number of nitrogens with one attached hydrogen (secondary N) is 1. The largest absolute Gasteiger partial charge is 0.455 e. The summed E-state index contributed by atoms with van der Waals surface area (Å²) in [4.78, 5) is 0. The number of rotatable bonds is 2. The minimum Gasteiger partial charge on any atom is -0.455 e. The van der Waals surface area contributed by atoms with Crippen molar-refractivity contribution in [1.29, 1.82) is 0 Å². The number of hydrogen-bond donors (Lipinski definition) is 2. The van der Waals surface area contributed by atoms with E-state index >= 15 is 0 Å². The Morgan fingerprint density at radius 2 is 2.27 bits per heavy atom. The van der Waals surface area contributed by atoms with Crippen molar-refractivity contribution >= 4 is 5.69 Å². The summed E-state index contributed by atoms with van der Waals surface area (Å²) in [5, 5.41) is 2.97. The van der Waals surface area contributed by atoms with Gasteiger partial charge in [-0.1, -0.05) is 0 Å². The smallest absolute Gasteiger partial charge is 0.167 e. The predicted octanol–water partition coefficient (Wildman–Crippen LogP) is 1.79. The molecule has 0 aliphatic carbocycles. The van der Waals surface area contributed by atoms with Gasteiger partial charge in [-0.15, -0.1) is 0 Å². The van der Waals surface area contributed by atoms with E-state index in [2.05, 4.69) is 5.32 Å². The number of benzene rings is 1. The number of nitrogen functional groups attached to an aromatic ring is 1. The molecule has 3 nitrogen and oxygen atoms in total. The third-order valence-corrected chi connectivity index (χ3v) is 1.97. The zero-order valence-corrected chi connectivity index (χ0v) is 8.03. The van der Waals surface area contributed by atoms with Crippen molar-refractivity contribution in [2.24, 2.45) is 0 Å². The summed E-state index contributed by atoms with van der Waals surface area (Å²) in [6.45, 7) is 0.683. The first kappa shape index (κ1) is 9.58. The van der Waals surface area contributed by atoms with Crippen LogP contribution in [0.2, 0.25) is 0 Å². The molecule has 0 saturated carbocycles. The molecule has 15 heavy (non-hydrogen) atoms. The summed E-state index contributed by atoms with van der Waals surface area (Å²) in [5.74, 6) is 0.349. The Labute approximate surface area is 87.0 Å². The van der Waals surface area contributed by atoms with Crippen molar-refractivity contribution in [3.05, 3.63) is 48.1 Å². The monoisotopic (exact) mass is 206 g/mol. The van der Waals surface area contributed by atoms with Gasteiger partial charge < -0.3 is 15.8 Å². The van der Waals surface area contributed by atoms with Gasteiger partial charge in [0.15, 0.2) is 11.6 Å². The summed E-state index contributed by atoms with van der Waals surface area (Å²) >= 11 is 0. The van der Waals surface area contributed by atoms with Crippen LogP contribution in [0.5, 0.6) is 5.75 Å². The van der Waals surface area contributed by atoms with Crippen molar-refractivity contribution in [2.75, 3.05) is 12.3 Å². The molecule has 0 amide bonds. The van der Waals surface area contributed by atoms with Crippen LogP contribution in [0.4, 0.5) is 10.1 Å². The maximum Gasteiger partial charge on any atom is 0.167 e. The van der Waals surface area contributed by atoms with Crippen LogP contribution in [0.3, 0.4) is 0 Å². The second-order valence-corrected chi connectivity index (χ2v) is 3.14. The minimum absolute atomic E-state index is 0.182. The highest BCUT2D eigenvalue weighted by Gasteiger charge is 2.06. The molecular weight excluding hydrogens is 195 g/mol. The molecule has 1 heterocycles. The quantitative estimate of drug-likeness (QED) is 0.725. The molecule has 3 N–H and O–H groups in total. The first-order valence-corrected chi connectivity index (χ1v) is 4.59. The van der Waals surface area contributed by atoms with Crippen LogP contribution in [0.25, 0.3) is 0 Å². The number of hydrogen-bond acceptors (Lipinski definition) is 3. The molecule has 0 radical (unpaired) electrons. The fourth-order valence-electron chi connectivity index (χ4n) is 1.24. The molecule has 4 heteroatoms. The van der Waals surface area contributed by atoms with E-state index in [0.717, 1.165) is 0 Å². The SMILES string of the molecule is Nc1ccc(OC2=CCNC=C2)c(F)c1. The Kier molecular flexibility index (Phi) is 2.58. The molecule has 0 spiro atoms. The molecule has 78 valence electrons. The van der Waals surface area contributed by atoms with Crippen LogP contribution in [0.15, 0.2) is 42.3 Å². The Bertz CT molecular complexity index is 427. The molecule has 0 atom stereocenters. The van der Waals surface area contributed by atoms with Gasteiger partial charge in [0.05, 0.1) is 0 Å². The van der Waals surface area contributed by atoms with E-state index < -0.39 is 5.82 Å². The fourth-order valence-corrected chi connectivity index (χ4v) is 1.24. The molecule has 1 aliphatic rings. The van der Waals surface area contributed by atoms with Crippen LogP contribution in [0.1, 0.15) is 0 Å². The molecule has 2 rings (SSSR count). The average Bonchev–Trinajstić information content (AvgIpc) is 2.24. The Morgan fingerprint density at radius 3 is 2.93 bits per heavy atom. The van der Waals surface area contributed by atoms with E-state index in [1.807, 2.05) is 6.08 Å². The lowest BCUT2D eigenvalue weighted by molar-refractivity contribution is 0.408. The molecule has 0 fully saturated rings. The zero-order chi connectivity index (χ0) is 10.7. The molecule has 1 aromatic carbocycles. The average molecular weight is 206 g/mol. The summed E-state index contributed by atoms with van der Waals surface area (Å²) in [6.07, 6.45) is 5.32. The van der Waals surface area contributed by atoms with Crippen molar-refractivity contribution in [3.63, 3.8) is 0 Å². The van der Waals surface area contributed by atoms with Gasteiger partial charge in [0, 0.05) is 24.5 Å². The van der Waals surface area contributed by atoms with Crippen LogP contribution >= 0.6 is 0 Å². The highest BCUT2D eigenvalue weighted by atomic mass is 19.1. The number of halogens is 1. The normalized spacial score (nSPS) is 14.3. The van der Waals surface area contributed by atoms with Gasteiger partial charge in [-0.3, -0.25) is 0 Å². The molecule has 0 aromatic heterocycles. The highest BCUT2D eigenvalue weighted by Crippen LogP contribution is 2.22. The van der Waals surface area contributed by atoms with Crippen LogP contribution in [0, 0.1) is 5.82 Å². The molecule has 1 aromatic rings. The maximum atomic E-state index is 13.3. The summed E-state index contributed by atoms with van der Waals surface area (Å²) < 4.78 is 18.7. The van der Waals surface area contributed by atoms with Crippen molar-refractivity contribution < 1.29 is 9.13 Å². The number of nitrogens with two attached hydrogens (primary N) is 1. The second-order valence-electron chi connectivity index (χ2n) is 3.14. The van der Waals surface area contributed by atoms with Crippen LogP contribution in [-0.4, -0.2) is 6.54 Å². The fraction of sp³-hybridized carbons (Fsp3) is 0.0909. The third kappa shape index (κ3) is 2.28. The highest BCUT2D eigenvalue weighted by molar-refractivity contribution is 5.43. The standard InChI is InChI=1S/C11H11FN2O/c12-10-7-8(13)1-2-11(10)15-9-3-5-14-6-4-9/h1-5,7,14H,6,13H2. The number of ether oxygens (including phenoxy) is 1.